The standard InChI is InChI=1S/C31H50N2O3/c1-6-8-9-10-11-12-13-14-15-16-17-18-19-22-27-23-20-21-24(3)28(27)29-25(4)26(5)32-30(34)33(29)31(35)36-7-2/h20-21,23,29H,6-19,22H2,1-5H3,(H,32,34). The van der Waals surface area contributed by atoms with Crippen LogP contribution < -0.4 is 5.32 Å². The number of ether oxygens (including phenoxy) is 1. The first kappa shape index (κ1) is 29.9. The van der Waals surface area contributed by atoms with Crippen molar-refractivity contribution in [3.8, 4) is 0 Å². The molecule has 0 spiro atoms. The number of allylic oxidation sites excluding steroid dienone is 1. The van der Waals surface area contributed by atoms with Crippen LogP contribution in [0.3, 0.4) is 0 Å². The molecule has 3 amide bonds. The third-order valence-corrected chi connectivity index (χ3v) is 7.48. The lowest BCUT2D eigenvalue weighted by Crippen LogP contribution is -2.50. The molecule has 5 heteroatoms. The van der Waals surface area contributed by atoms with E-state index in [1.54, 1.807) is 6.92 Å². The summed E-state index contributed by atoms with van der Waals surface area (Å²) in [5.41, 5.74) is 5.17. The van der Waals surface area contributed by atoms with Crippen LogP contribution >= 0.6 is 0 Å². The molecule has 36 heavy (non-hydrogen) atoms. The Kier molecular flexibility index (Phi) is 13.7. The molecule has 1 aromatic rings. The number of nitrogens with zero attached hydrogens (tertiary/aromatic N) is 1. The summed E-state index contributed by atoms with van der Waals surface area (Å²) in [6, 6.07) is 5.45. The summed E-state index contributed by atoms with van der Waals surface area (Å²) in [7, 11) is 0. The van der Waals surface area contributed by atoms with Gasteiger partial charge in [-0.05, 0) is 62.8 Å². The van der Waals surface area contributed by atoms with E-state index >= 15 is 0 Å². The third-order valence-electron chi connectivity index (χ3n) is 7.48. The summed E-state index contributed by atoms with van der Waals surface area (Å²) in [5, 5.41) is 2.82. The van der Waals surface area contributed by atoms with Gasteiger partial charge in [0.1, 0.15) is 0 Å². The van der Waals surface area contributed by atoms with E-state index in [1.165, 1.54) is 87.5 Å². The number of hydrogen-bond donors (Lipinski definition) is 1. The number of amides is 3. The molecular weight excluding hydrogens is 448 g/mol. The van der Waals surface area contributed by atoms with E-state index in [0.29, 0.717) is 0 Å². The van der Waals surface area contributed by atoms with E-state index in [1.807, 2.05) is 13.8 Å². The minimum absolute atomic E-state index is 0.233. The lowest BCUT2D eigenvalue weighted by molar-refractivity contribution is 0.103. The Hall–Kier alpha value is -2.30. The zero-order valence-electron chi connectivity index (χ0n) is 23.6. The number of urea groups is 1. The molecule has 0 radical (unpaired) electrons. The number of unbranched alkanes of at least 4 members (excludes halogenated alkanes) is 12. The van der Waals surface area contributed by atoms with E-state index in [0.717, 1.165) is 35.2 Å². The van der Waals surface area contributed by atoms with Crippen LogP contribution in [0.15, 0.2) is 29.5 Å². The van der Waals surface area contributed by atoms with Crippen LogP contribution in [0.5, 0.6) is 0 Å². The second-order valence-electron chi connectivity index (χ2n) is 10.3. The predicted molar refractivity (Wildman–Crippen MR) is 149 cm³/mol. The molecule has 0 aliphatic carbocycles. The smallest absolute Gasteiger partial charge is 0.418 e. The van der Waals surface area contributed by atoms with Gasteiger partial charge in [-0.3, -0.25) is 0 Å². The highest BCUT2D eigenvalue weighted by atomic mass is 16.6. The maximum atomic E-state index is 12.8. The van der Waals surface area contributed by atoms with E-state index in [9.17, 15) is 9.59 Å². The molecule has 2 rings (SSSR count). The predicted octanol–water partition coefficient (Wildman–Crippen LogP) is 9.15. The fourth-order valence-corrected chi connectivity index (χ4v) is 5.25. The zero-order chi connectivity index (χ0) is 26.3. The molecule has 5 nitrogen and oxygen atoms in total. The van der Waals surface area contributed by atoms with Gasteiger partial charge in [0, 0.05) is 5.70 Å². The number of hydrogen-bond acceptors (Lipinski definition) is 3. The Morgan fingerprint density at radius 3 is 1.97 bits per heavy atom. The topological polar surface area (TPSA) is 58.6 Å². The van der Waals surface area contributed by atoms with Crippen LogP contribution in [0.2, 0.25) is 0 Å². The second kappa shape index (κ2) is 16.4. The first-order valence-electron chi connectivity index (χ1n) is 14.4. The first-order chi connectivity index (χ1) is 17.4. The SMILES string of the molecule is CCCCCCCCCCCCCCCc1cccc(C)c1C1C(C)=C(C)NC(=O)N1C(=O)OCC. The number of aryl methyl sites for hydroxylation is 2. The van der Waals surface area contributed by atoms with Crippen molar-refractivity contribution in [3.05, 3.63) is 46.2 Å². The molecule has 0 saturated carbocycles. The number of carbonyl (C=O) groups excluding carboxylic acids is 2. The molecule has 1 heterocycles. The maximum Gasteiger partial charge on any atom is 0.418 e. The average Bonchev–Trinajstić information content (AvgIpc) is 2.84. The molecule has 1 atom stereocenters. The Labute approximate surface area is 220 Å². The van der Waals surface area contributed by atoms with E-state index in [-0.39, 0.29) is 6.61 Å². The Morgan fingerprint density at radius 2 is 1.42 bits per heavy atom. The minimum Gasteiger partial charge on any atom is -0.449 e. The van der Waals surface area contributed by atoms with Crippen LogP contribution in [-0.2, 0) is 11.2 Å². The van der Waals surface area contributed by atoms with Gasteiger partial charge in [0.15, 0.2) is 0 Å². The molecule has 0 bridgehead atoms. The third kappa shape index (κ3) is 8.97. The Bertz CT molecular complexity index is 861. The van der Waals surface area contributed by atoms with E-state index < -0.39 is 18.2 Å². The fourth-order valence-electron chi connectivity index (χ4n) is 5.25. The van der Waals surface area contributed by atoms with E-state index in [2.05, 4.69) is 37.4 Å². The van der Waals surface area contributed by atoms with Gasteiger partial charge >= 0.3 is 12.1 Å². The van der Waals surface area contributed by atoms with Crippen molar-refractivity contribution in [2.24, 2.45) is 0 Å². The van der Waals surface area contributed by atoms with Crippen LogP contribution in [0.25, 0.3) is 0 Å². The van der Waals surface area contributed by atoms with Crippen LogP contribution in [0, 0.1) is 6.92 Å². The van der Waals surface area contributed by atoms with Crippen LogP contribution in [-0.4, -0.2) is 23.6 Å². The summed E-state index contributed by atoms with van der Waals surface area (Å²) in [6.07, 6.45) is 17.7. The van der Waals surface area contributed by atoms with Crippen LogP contribution in [0.4, 0.5) is 9.59 Å². The molecule has 1 aromatic carbocycles. The van der Waals surface area contributed by atoms with Crippen molar-refractivity contribution in [2.75, 3.05) is 6.61 Å². The number of rotatable bonds is 16. The fraction of sp³-hybridized carbons (Fsp3) is 0.677. The number of nitrogens with one attached hydrogen (secondary N) is 1. The number of benzene rings is 1. The highest BCUT2D eigenvalue weighted by Crippen LogP contribution is 2.37. The summed E-state index contributed by atoms with van der Waals surface area (Å²) in [5.74, 6) is 0. The van der Waals surface area contributed by atoms with Gasteiger partial charge < -0.3 is 10.1 Å². The van der Waals surface area contributed by atoms with Gasteiger partial charge in [0.05, 0.1) is 12.6 Å². The quantitative estimate of drug-likeness (QED) is 0.231. The van der Waals surface area contributed by atoms with E-state index in [4.69, 9.17) is 4.74 Å². The van der Waals surface area contributed by atoms with Gasteiger partial charge in [-0.15, -0.1) is 0 Å². The second-order valence-corrected chi connectivity index (χ2v) is 10.3. The van der Waals surface area contributed by atoms with Crippen LogP contribution in [0.1, 0.15) is 134 Å². The maximum absolute atomic E-state index is 12.8. The first-order valence-corrected chi connectivity index (χ1v) is 14.4. The van der Waals surface area contributed by atoms with Crippen molar-refractivity contribution < 1.29 is 14.3 Å². The molecule has 1 aliphatic rings. The number of carbonyl (C=O) groups is 2. The van der Waals surface area contributed by atoms with Crippen molar-refractivity contribution in [2.45, 2.75) is 131 Å². The lowest BCUT2D eigenvalue weighted by atomic mass is 9.86. The molecular formula is C31H50N2O3. The lowest BCUT2D eigenvalue weighted by Gasteiger charge is -2.37. The van der Waals surface area contributed by atoms with Gasteiger partial charge in [0.2, 0.25) is 0 Å². The summed E-state index contributed by atoms with van der Waals surface area (Å²) in [6.45, 7) is 10.2. The summed E-state index contributed by atoms with van der Waals surface area (Å²) in [4.78, 5) is 26.9. The molecule has 1 aliphatic heterocycles. The largest absolute Gasteiger partial charge is 0.449 e. The van der Waals surface area contributed by atoms with Gasteiger partial charge in [-0.2, -0.15) is 0 Å². The van der Waals surface area contributed by atoms with Crippen molar-refractivity contribution in [1.82, 2.24) is 10.2 Å². The normalized spacial score (nSPS) is 15.9. The molecule has 202 valence electrons. The van der Waals surface area contributed by atoms with Gasteiger partial charge in [0.25, 0.3) is 0 Å². The monoisotopic (exact) mass is 498 g/mol. The van der Waals surface area contributed by atoms with Crippen molar-refractivity contribution >= 4 is 12.1 Å². The molecule has 0 fully saturated rings. The van der Waals surface area contributed by atoms with Gasteiger partial charge in [-0.25, -0.2) is 14.5 Å². The minimum atomic E-state index is -0.595. The summed E-state index contributed by atoms with van der Waals surface area (Å²) < 4.78 is 5.25. The van der Waals surface area contributed by atoms with Crippen molar-refractivity contribution in [1.29, 1.82) is 0 Å². The Balaban J connectivity index is 1.90. The molecule has 0 aromatic heterocycles. The average molecular weight is 499 g/mol. The highest BCUT2D eigenvalue weighted by molar-refractivity contribution is 5.94. The summed E-state index contributed by atoms with van der Waals surface area (Å²) >= 11 is 0. The highest BCUT2D eigenvalue weighted by Gasteiger charge is 2.39. The zero-order valence-corrected chi connectivity index (χ0v) is 23.6. The Morgan fingerprint density at radius 1 is 0.861 bits per heavy atom. The van der Waals surface area contributed by atoms with Gasteiger partial charge in [-0.1, -0.05) is 102 Å². The van der Waals surface area contributed by atoms with Crippen molar-refractivity contribution in [3.63, 3.8) is 0 Å². The molecule has 1 N–H and O–H groups in total. The number of imide groups is 1. The molecule has 0 saturated heterocycles. The molecule has 1 unspecified atom stereocenters.